The Morgan fingerprint density at radius 1 is 1.43 bits per heavy atom. The monoisotopic (exact) mass is 119 g/mol. The van der Waals surface area contributed by atoms with E-state index < -0.39 is 0 Å². The van der Waals surface area contributed by atoms with Crippen LogP contribution in [0.3, 0.4) is 0 Å². The summed E-state index contributed by atoms with van der Waals surface area (Å²) in [5.41, 5.74) is 0.258. The van der Waals surface area contributed by atoms with Crippen molar-refractivity contribution >= 4 is 11.6 Å². The first-order valence-electron chi connectivity index (χ1n) is 2.77. The lowest BCUT2D eigenvalue weighted by molar-refractivity contribution is 0.486. The van der Waals surface area contributed by atoms with Crippen LogP contribution in [0.2, 0.25) is 0 Å². The molecule has 1 aliphatic rings. The molecule has 1 fully saturated rings. The number of rotatable bonds is 0. The molecule has 42 valence electrons. The van der Waals surface area contributed by atoms with E-state index in [-0.39, 0.29) is 5.50 Å². The summed E-state index contributed by atoms with van der Waals surface area (Å²) in [6, 6.07) is 0. The highest BCUT2D eigenvalue weighted by molar-refractivity contribution is 6.20. The van der Waals surface area contributed by atoms with Crippen molar-refractivity contribution in [3.8, 4) is 0 Å². The van der Waals surface area contributed by atoms with E-state index in [4.69, 9.17) is 11.6 Å². The van der Waals surface area contributed by atoms with Gasteiger partial charge in [-0.15, -0.1) is 11.6 Å². The second-order valence-corrected chi connectivity index (χ2v) is 2.44. The third-order valence-corrected chi connectivity index (χ3v) is 1.62. The molecule has 0 aromatic carbocycles. The van der Waals surface area contributed by atoms with E-state index in [1.807, 2.05) is 0 Å². The fraction of sp³-hybridized carbons (Fsp3) is 1.00. The van der Waals surface area contributed by atoms with Crippen molar-refractivity contribution in [1.29, 1.82) is 0 Å². The van der Waals surface area contributed by atoms with Crippen LogP contribution in [0.15, 0.2) is 0 Å². The topological polar surface area (TPSA) is 12.0 Å². The fourth-order valence-corrected chi connectivity index (χ4v) is 1.07. The molecule has 1 N–H and O–H groups in total. The van der Waals surface area contributed by atoms with Crippen molar-refractivity contribution < 1.29 is 0 Å². The first-order chi connectivity index (χ1) is 3.39. The van der Waals surface area contributed by atoms with Crippen molar-refractivity contribution in [2.45, 2.75) is 24.8 Å². The quantitative estimate of drug-likeness (QED) is 0.375. The molecule has 0 amide bonds. The van der Waals surface area contributed by atoms with Gasteiger partial charge in [0.1, 0.15) is 0 Å². The predicted molar refractivity (Wildman–Crippen MR) is 31.5 cm³/mol. The van der Waals surface area contributed by atoms with Gasteiger partial charge < -0.3 is 5.32 Å². The third-order valence-electron chi connectivity index (χ3n) is 1.25. The van der Waals surface area contributed by atoms with Gasteiger partial charge in [-0.3, -0.25) is 0 Å². The molecule has 7 heavy (non-hydrogen) atoms. The predicted octanol–water partition coefficient (Wildman–Crippen LogP) is 1.32. The van der Waals surface area contributed by atoms with Gasteiger partial charge in [0.25, 0.3) is 0 Å². The smallest absolute Gasteiger partial charge is 0.0825 e. The first kappa shape index (κ1) is 5.39. The van der Waals surface area contributed by atoms with Gasteiger partial charge in [-0.05, 0) is 25.8 Å². The van der Waals surface area contributed by atoms with Gasteiger partial charge in [0.15, 0.2) is 0 Å². The maximum absolute atomic E-state index is 5.71. The van der Waals surface area contributed by atoms with Crippen LogP contribution in [0.5, 0.6) is 0 Å². The minimum atomic E-state index is 0.258. The van der Waals surface area contributed by atoms with Crippen molar-refractivity contribution in [2.24, 2.45) is 0 Å². The molecule has 0 radical (unpaired) electrons. The highest BCUT2D eigenvalue weighted by Gasteiger charge is 2.06. The molecule has 0 saturated carbocycles. The van der Waals surface area contributed by atoms with Gasteiger partial charge >= 0.3 is 0 Å². The Hall–Kier alpha value is 0.250. The van der Waals surface area contributed by atoms with E-state index in [0.717, 1.165) is 13.0 Å². The molecule has 1 aliphatic heterocycles. The number of hydrogen-bond acceptors (Lipinski definition) is 1. The molecular formula is C5H10ClN. The highest BCUT2D eigenvalue weighted by atomic mass is 35.5. The van der Waals surface area contributed by atoms with Gasteiger partial charge in [-0.2, -0.15) is 0 Å². The first-order valence-corrected chi connectivity index (χ1v) is 3.21. The Morgan fingerprint density at radius 3 is 2.57 bits per heavy atom. The van der Waals surface area contributed by atoms with E-state index in [0.29, 0.717) is 0 Å². The summed E-state index contributed by atoms with van der Waals surface area (Å²) in [6.07, 6.45) is 3.73. The molecule has 1 saturated heterocycles. The zero-order valence-corrected chi connectivity index (χ0v) is 5.04. The van der Waals surface area contributed by atoms with Gasteiger partial charge in [0.05, 0.1) is 5.50 Å². The van der Waals surface area contributed by atoms with Crippen LogP contribution in [-0.2, 0) is 0 Å². The van der Waals surface area contributed by atoms with Crippen molar-refractivity contribution in [1.82, 2.24) is 5.32 Å². The van der Waals surface area contributed by atoms with Gasteiger partial charge in [-0.1, -0.05) is 0 Å². The lowest BCUT2D eigenvalue weighted by atomic mass is 10.2. The maximum Gasteiger partial charge on any atom is 0.0825 e. The molecule has 0 unspecified atom stereocenters. The largest absolute Gasteiger partial charge is 0.301 e. The van der Waals surface area contributed by atoms with Crippen molar-refractivity contribution in [3.63, 3.8) is 0 Å². The summed E-state index contributed by atoms with van der Waals surface area (Å²) in [5, 5.41) is 3.15. The minimum absolute atomic E-state index is 0.258. The molecule has 0 bridgehead atoms. The standard InChI is InChI=1S/C5H10ClN/c6-5-3-1-2-4-7-5/h5,7H,1-4H2/t5-/m1/s1. The summed E-state index contributed by atoms with van der Waals surface area (Å²) < 4.78 is 0. The van der Waals surface area contributed by atoms with Crippen LogP contribution >= 0.6 is 11.6 Å². The summed E-state index contributed by atoms with van der Waals surface area (Å²) in [7, 11) is 0. The Kier molecular flexibility index (Phi) is 1.95. The molecule has 1 rings (SSSR count). The van der Waals surface area contributed by atoms with E-state index in [1.165, 1.54) is 12.8 Å². The summed E-state index contributed by atoms with van der Waals surface area (Å²) >= 11 is 5.71. The number of piperidine rings is 1. The number of halogens is 1. The molecule has 1 nitrogen and oxygen atoms in total. The van der Waals surface area contributed by atoms with Gasteiger partial charge in [-0.25, -0.2) is 0 Å². The molecule has 0 aromatic heterocycles. The second kappa shape index (κ2) is 2.53. The molecule has 2 heteroatoms. The SMILES string of the molecule is Cl[C@H]1CCCCN1. The van der Waals surface area contributed by atoms with Crippen molar-refractivity contribution in [3.05, 3.63) is 0 Å². The van der Waals surface area contributed by atoms with Crippen LogP contribution < -0.4 is 5.32 Å². The minimum Gasteiger partial charge on any atom is -0.301 e. The van der Waals surface area contributed by atoms with E-state index in [9.17, 15) is 0 Å². The normalized spacial score (nSPS) is 33.0. The van der Waals surface area contributed by atoms with Crippen LogP contribution in [-0.4, -0.2) is 12.0 Å². The molecule has 1 atom stereocenters. The Morgan fingerprint density at radius 2 is 2.29 bits per heavy atom. The van der Waals surface area contributed by atoms with Gasteiger partial charge in [0, 0.05) is 0 Å². The van der Waals surface area contributed by atoms with Crippen molar-refractivity contribution in [2.75, 3.05) is 6.54 Å². The molecule has 0 aliphatic carbocycles. The Bertz CT molecular complexity index is 50.0. The van der Waals surface area contributed by atoms with Crippen LogP contribution in [0.4, 0.5) is 0 Å². The average molecular weight is 120 g/mol. The second-order valence-electron chi connectivity index (χ2n) is 1.92. The summed E-state index contributed by atoms with van der Waals surface area (Å²) in [4.78, 5) is 0. The van der Waals surface area contributed by atoms with Crippen LogP contribution in [0, 0.1) is 0 Å². The molecule has 0 aromatic rings. The maximum atomic E-state index is 5.71. The molecular weight excluding hydrogens is 110 g/mol. The van der Waals surface area contributed by atoms with E-state index in [1.54, 1.807) is 0 Å². The average Bonchev–Trinajstić information content (AvgIpc) is 1.69. The zero-order valence-electron chi connectivity index (χ0n) is 4.28. The van der Waals surface area contributed by atoms with Crippen LogP contribution in [0.1, 0.15) is 19.3 Å². The van der Waals surface area contributed by atoms with E-state index in [2.05, 4.69) is 5.32 Å². The number of nitrogens with one attached hydrogen (secondary N) is 1. The molecule has 1 heterocycles. The van der Waals surface area contributed by atoms with Crippen LogP contribution in [0.25, 0.3) is 0 Å². The lowest BCUT2D eigenvalue weighted by Crippen LogP contribution is -2.28. The lowest BCUT2D eigenvalue weighted by Gasteiger charge is -2.16. The van der Waals surface area contributed by atoms with E-state index >= 15 is 0 Å². The number of alkyl halides is 1. The third kappa shape index (κ3) is 1.66. The Labute approximate surface area is 49.0 Å². The highest BCUT2D eigenvalue weighted by Crippen LogP contribution is 2.08. The molecule has 0 spiro atoms. The summed E-state index contributed by atoms with van der Waals surface area (Å²) in [6.45, 7) is 1.11. The fourth-order valence-electron chi connectivity index (χ4n) is 0.809. The van der Waals surface area contributed by atoms with Gasteiger partial charge in [0.2, 0.25) is 0 Å². The summed E-state index contributed by atoms with van der Waals surface area (Å²) in [5.74, 6) is 0. The Balaban J connectivity index is 2.12. The zero-order chi connectivity index (χ0) is 5.11. The number of hydrogen-bond donors (Lipinski definition) is 1.